The second-order valence-corrected chi connectivity index (χ2v) is 8.80. The first-order valence-corrected chi connectivity index (χ1v) is 11.9. The number of halogens is 3. The van der Waals surface area contributed by atoms with Gasteiger partial charge in [-0.1, -0.05) is 18.1 Å². The molecule has 1 atom stereocenters. The zero-order valence-corrected chi connectivity index (χ0v) is 20.6. The van der Waals surface area contributed by atoms with Crippen LogP contribution in [0.5, 0.6) is 0 Å². The number of hydrogen-bond acceptors (Lipinski definition) is 5. The zero-order chi connectivity index (χ0) is 28.2. The van der Waals surface area contributed by atoms with Crippen LogP contribution in [0, 0.1) is 36.0 Å². The van der Waals surface area contributed by atoms with E-state index in [0.717, 1.165) is 12.1 Å². The number of nitrogens with one attached hydrogen (secondary N) is 1. The first-order valence-electron chi connectivity index (χ1n) is 11.9. The molecular formula is C29H22F3N5O2. The molecule has 1 aromatic heterocycles. The number of carbonyl (C=O) groups excluding carboxylic acids is 1. The molecule has 0 fully saturated rings. The van der Waals surface area contributed by atoms with Gasteiger partial charge in [0.05, 0.1) is 35.0 Å². The minimum atomic E-state index is -4.48. The van der Waals surface area contributed by atoms with Crippen LogP contribution in [-0.2, 0) is 25.7 Å². The molecule has 3 aromatic rings. The number of carbonyl (C=O) groups is 1. The lowest BCUT2D eigenvalue weighted by Crippen LogP contribution is -2.41. The number of alkyl halides is 3. The lowest BCUT2D eigenvalue weighted by molar-refractivity contribution is -0.137. The number of terminal acetylenes is 2. The highest BCUT2D eigenvalue weighted by Crippen LogP contribution is 2.30. The summed E-state index contributed by atoms with van der Waals surface area (Å²) in [6, 6.07) is 11.8. The quantitative estimate of drug-likeness (QED) is 0.485. The summed E-state index contributed by atoms with van der Waals surface area (Å²) in [4.78, 5) is 32.8. The fourth-order valence-electron chi connectivity index (χ4n) is 4.27. The van der Waals surface area contributed by atoms with Crippen LogP contribution in [0.4, 0.5) is 19.1 Å². The fourth-order valence-corrected chi connectivity index (χ4v) is 4.27. The average molecular weight is 530 g/mol. The average Bonchev–Trinajstić information content (AvgIpc) is 2.94. The van der Waals surface area contributed by atoms with Crippen molar-refractivity contribution >= 4 is 11.9 Å². The van der Waals surface area contributed by atoms with Crippen molar-refractivity contribution < 1.29 is 18.0 Å². The van der Waals surface area contributed by atoms with Crippen molar-refractivity contribution in [2.45, 2.75) is 38.1 Å². The minimum Gasteiger partial charge on any atom is -0.338 e. The largest absolute Gasteiger partial charge is 0.416 e. The van der Waals surface area contributed by atoms with Gasteiger partial charge in [0.25, 0.3) is 11.5 Å². The molecule has 2 aromatic carbocycles. The number of hydrogen-bond donors (Lipinski definition) is 1. The molecule has 7 nitrogen and oxygen atoms in total. The van der Waals surface area contributed by atoms with Gasteiger partial charge in [-0.3, -0.25) is 14.2 Å². The van der Waals surface area contributed by atoms with Crippen LogP contribution >= 0.6 is 0 Å². The number of anilines is 1. The summed E-state index contributed by atoms with van der Waals surface area (Å²) in [5.74, 6) is 4.83. The number of amides is 1. The van der Waals surface area contributed by atoms with Crippen molar-refractivity contribution in [1.29, 1.82) is 5.26 Å². The number of aromatic nitrogens is 2. The third-order valence-electron chi connectivity index (χ3n) is 6.36. The third-order valence-corrected chi connectivity index (χ3v) is 6.36. The SMILES string of the molecule is C#CCCn1c(NC(C#C)c2ccc(C(F)(F)F)cc2)nc2c(c1=O)CN(C(=O)c1ccc(C#N)cc1)CC2. The Labute approximate surface area is 222 Å². The van der Waals surface area contributed by atoms with Crippen molar-refractivity contribution in [2.75, 3.05) is 11.9 Å². The molecule has 0 aliphatic carbocycles. The molecule has 39 heavy (non-hydrogen) atoms. The maximum absolute atomic E-state index is 13.6. The van der Waals surface area contributed by atoms with Crippen LogP contribution in [0.3, 0.4) is 0 Å². The van der Waals surface area contributed by atoms with E-state index in [0.29, 0.717) is 40.9 Å². The van der Waals surface area contributed by atoms with Gasteiger partial charge < -0.3 is 10.2 Å². The smallest absolute Gasteiger partial charge is 0.338 e. The van der Waals surface area contributed by atoms with Gasteiger partial charge in [-0.25, -0.2) is 4.98 Å². The van der Waals surface area contributed by atoms with Crippen molar-refractivity contribution in [3.8, 4) is 30.8 Å². The number of fused-ring (bicyclic) bond motifs is 1. The summed E-state index contributed by atoms with van der Waals surface area (Å²) >= 11 is 0. The Bertz CT molecular complexity index is 1570. The van der Waals surface area contributed by atoms with Crippen LogP contribution in [0.15, 0.2) is 53.3 Å². The van der Waals surface area contributed by atoms with Gasteiger partial charge in [-0.15, -0.1) is 18.8 Å². The predicted molar refractivity (Wildman–Crippen MR) is 138 cm³/mol. The summed E-state index contributed by atoms with van der Waals surface area (Å²) in [5, 5.41) is 12.0. The van der Waals surface area contributed by atoms with Gasteiger partial charge in [-0.05, 0) is 42.0 Å². The second-order valence-electron chi connectivity index (χ2n) is 8.80. The van der Waals surface area contributed by atoms with E-state index >= 15 is 0 Å². The molecule has 0 bridgehead atoms. The van der Waals surface area contributed by atoms with Gasteiger partial charge in [0.15, 0.2) is 0 Å². The molecule has 196 valence electrons. The normalized spacial score (nSPS) is 13.4. The van der Waals surface area contributed by atoms with E-state index < -0.39 is 23.3 Å². The van der Waals surface area contributed by atoms with Crippen LogP contribution in [0.25, 0.3) is 0 Å². The predicted octanol–water partition coefficient (Wildman–Crippen LogP) is 4.14. The third kappa shape index (κ3) is 5.79. The van der Waals surface area contributed by atoms with E-state index in [2.05, 4.69) is 22.1 Å². The van der Waals surface area contributed by atoms with Crippen molar-refractivity contribution in [3.05, 3.63) is 92.4 Å². The number of rotatable bonds is 6. The molecule has 0 spiro atoms. The number of nitrogens with zero attached hydrogens (tertiary/aromatic N) is 4. The first kappa shape index (κ1) is 27.0. The van der Waals surface area contributed by atoms with Crippen molar-refractivity contribution in [2.24, 2.45) is 0 Å². The summed E-state index contributed by atoms with van der Waals surface area (Å²) in [7, 11) is 0. The van der Waals surface area contributed by atoms with E-state index in [1.54, 1.807) is 24.3 Å². The first-order chi connectivity index (χ1) is 18.7. The van der Waals surface area contributed by atoms with E-state index in [1.807, 2.05) is 6.07 Å². The second kappa shape index (κ2) is 11.2. The van der Waals surface area contributed by atoms with Gasteiger partial charge in [0.1, 0.15) is 6.04 Å². The lowest BCUT2D eigenvalue weighted by atomic mass is 10.0. The molecule has 4 rings (SSSR count). The van der Waals surface area contributed by atoms with Gasteiger partial charge in [0.2, 0.25) is 5.95 Å². The molecule has 0 saturated heterocycles. The van der Waals surface area contributed by atoms with Gasteiger partial charge in [0, 0.05) is 31.5 Å². The van der Waals surface area contributed by atoms with Gasteiger partial charge in [-0.2, -0.15) is 18.4 Å². The molecular weight excluding hydrogens is 507 g/mol. The van der Waals surface area contributed by atoms with Crippen LogP contribution in [0.1, 0.15) is 50.8 Å². The number of nitriles is 1. The molecule has 0 saturated carbocycles. The summed E-state index contributed by atoms with van der Waals surface area (Å²) < 4.78 is 40.3. The van der Waals surface area contributed by atoms with Crippen LogP contribution in [0.2, 0.25) is 0 Å². The van der Waals surface area contributed by atoms with E-state index in [1.165, 1.54) is 21.6 Å². The number of benzene rings is 2. The molecule has 1 unspecified atom stereocenters. The van der Waals surface area contributed by atoms with E-state index in [4.69, 9.17) is 18.1 Å². The lowest BCUT2D eigenvalue weighted by Gasteiger charge is -2.29. The summed E-state index contributed by atoms with van der Waals surface area (Å²) in [5.41, 5.74) is 0.852. The van der Waals surface area contributed by atoms with E-state index in [9.17, 15) is 22.8 Å². The fraction of sp³-hybridized carbons (Fsp3) is 0.241. The van der Waals surface area contributed by atoms with Gasteiger partial charge >= 0.3 is 6.18 Å². The Kier molecular flexibility index (Phi) is 7.74. The standard InChI is InChI=1S/C29H22F3N5O2/c1-3-5-15-37-27(39)23-18-36(26(38)21-8-6-19(17-33)7-9-21)16-14-25(23)35-28(37)34-24(4-2)20-10-12-22(13-11-20)29(30,31)32/h1-2,6-13,24H,5,14-16,18H2,(H,34,35). The monoisotopic (exact) mass is 529 g/mol. The topological polar surface area (TPSA) is 91.0 Å². The van der Waals surface area contributed by atoms with Crippen molar-refractivity contribution in [1.82, 2.24) is 14.5 Å². The maximum Gasteiger partial charge on any atom is 0.416 e. The molecule has 1 amide bonds. The Morgan fingerprint density at radius 2 is 1.82 bits per heavy atom. The van der Waals surface area contributed by atoms with Crippen LogP contribution < -0.4 is 10.9 Å². The highest BCUT2D eigenvalue weighted by Gasteiger charge is 2.31. The summed E-state index contributed by atoms with van der Waals surface area (Å²) in [6.45, 7) is 0.461. The molecule has 1 aliphatic rings. The Morgan fingerprint density at radius 1 is 1.13 bits per heavy atom. The molecule has 1 N–H and O–H groups in total. The molecule has 0 radical (unpaired) electrons. The van der Waals surface area contributed by atoms with Crippen molar-refractivity contribution in [3.63, 3.8) is 0 Å². The minimum absolute atomic E-state index is 0.0355. The highest BCUT2D eigenvalue weighted by molar-refractivity contribution is 5.94. The Balaban J connectivity index is 1.64. The maximum atomic E-state index is 13.6. The molecule has 1 aliphatic heterocycles. The van der Waals surface area contributed by atoms with Crippen LogP contribution in [-0.4, -0.2) is 26.9 Å². The Hall–Kier alpha value is -5.01. The molecule has 10 heteroatoms. The highest BCUT2D eigenvalue weighted by atomic mass is 19.4. The Morgan fingerprint density at radius 3 is 2.41 bits per heavy atom. The molecule has 2 heterocycles. The van der Waals surface area contributed by atoms with E-state index in [-0.39, 0.29) is 31.4 Å². The summed E-state index contributed by atoms with van der Waals surface area (Å²) in [6.07, 6.45) is 7.14. The zero-order valence-electron chi connectivity index (χ0n) is 20.6.